The number of amides is 2. The van der Waals surface area contributed by atoms with Crippen LogP contribution in [0.2, 0.25) is 0 Å². The molecule has 1 aromatic rings. The van der Waals surface area contributed by atoms with Gasteiger partial charge in [0.05, 0.1) is 0 Å². The van der Waals surface area contributed by atoms with Gasteiger partial charge in [-0.15, -0.1) is 0 Å². The lowest BCUT2D eigenvalue weighted by atomic mass is 10.1. The minimum absolute atomic E-state index is 0.135. The highest BCUT2D eigenvalue weighted by Crippen LogP contribution is 2.18. The van der Waals surface area contributed by atoms with Crippen molar-refractivity contribution in [2.24, 2.45) is 5.73 Å². The van der Waals surface area contributed by atoms with Crippen molar-refractivity contribution in [3.63, 3.8) is 0 Å². The maximum absolute atomic E-state index is 13.0. The molecule has 0 bridgehead atoms. The van der Waals surface area contributed by atoms with Crippen LogP contribution in [0.25, 0.3) is 0 Å². The molecule has 4 nitrogen and oxygen atoms in total. The number of carbonyl (C=O) groups is 1. The summed E-state index contributed by atoms with van der Waals surface area (Å²) in [4.78, 5) is 13.6. The van der Waals surface area contributed by atoms with E-state index < -0.39 is 0 Å². The summed E-state index contributed by atoms with van der Waals surface area (Å²) in [7, 11) is 0. The Morgan fingerprint density at radius 2 is 2.12 bits per heavy atom. The molecule has 2 amide bonds. The van der Waals surface area contributed by atoms with E-state index in [9.17, 15) is 9.18 Å². The van der Waals surface area contributed by atoms with E-state index in [0.717, 1.165) is 25.9 Å². The van der Waals surface area contributed by atoms with Gasteiger partial charge in [0.25, 0.3) is 0 Å². The molecule has 0 atom stereocenters. The van der Waals surface area contributed by atoms with E-state index in [1.54, 1.807) is 11.0 Å². The van der Waals surface area contributed by atoms with Gasteiger partial charge in [0.2, 0.25) is 0 Å². The monoisotopic (exact) mass is 237 g/mol. The minimum atomic E-state index is -0.343. The van der Waals surface area contributed by atoms with Gasteiger partial charge in [0, 0.05) is 25.3 Å². The van der Waals surface area contributed by atoms with Gasteiger partial charge in [-0.3, -0.25) is 0 Å². The second-order valence-electron chi connectivity index (χ2n) is 4.13. The van der Waals surface area contributed by atoms with E-state index in [1.165, 1.54) is 12.1 Å². The smallest absolute Gasteiger partial charge is 0.321 e. The predicted molar refractivity (Wildman–Crippen MR) is 64.1 cm³/mol. The fourth-order valence-electron chi connectivity index (χ4n) is 1.97. The highest BCUT2D eigenvalue weighted by Gasteiger charge is 2.18. The molecule has 1 aliphatic rings. The summed E-state index contributed by atoms with van der Waals surface area (Å²) in [6.07, 6.45) is 2.08. The molecule has 17 heavy (non-hydrogen) atoms. The molecular formula is C12H16FN3O. The van der Waals surface area contributed by atoms with Crippen LogP contribution in [0.1, 0.15) is 18.4 Å². The number of anilines is 1. The van der Waals surface area contributed by atoms with Crippen LogP contribution < -0.4 is 11.1 Å². The zero-order valence-electron chi connectivity index (χ0n) is 9.58. The first-order valence-corrected chi connectivity index (χ1v) is 5.75. The van der Waals surface area contributed by atoms with Crippen molar-refractivity contribution in [2.75, 3.05) is 18.4 Å². The third kappa shape index (κ3) is 2.74. The fourth-order valence-corrected chi connectivity index (χ4v) is 1.97. The summed E-state index contributed by atoms with van der Waals surface area (Å²) in [5, 5.41) is 2.77. The molecule has 92 valence electrons. The highest BCUT2D eigenvalue weighted by molar-refractivity contribution is 5.90. The van der Waals surface area contributed by atoms with Gasteiger partial charge in [0.15, 0.2) is 0 Å². The number of nitrogens with two attached hydrogens (primary N) is 1. The molecule has 5 heteroatoms. The summed E-state index contributed by atoms with van der Waals surface area (Å²) >= 11 is 0. The molecule has 0 aliphatic carbocycles. The molecule has 1 heterocycles. The standard InChI is InChI=1S/C12H16FN3O/c13-10-3-4-11(9(7-10)8-14)15-12(17)16-5-1-2-6-16/h3-4,7H,1-2,5-6,8,14H2,(H,15,17). The van der Waals surface area contributed by atoms with Crippen LogP contribution in [0.3, 0.4) is 0 Å². The summed E-state index contributed by atoms with van der Waals surface area (Å²) in [5.41, 5.74) is 6.71. The van der Waals surface area contributed by atoms with E-state index in [1.807, 2.05) is 0 Å². The number of halogens is 1. The van der Waals surface area contributed by atoms with Gasteiger partial charge >= 0.3 is 6.03 Å². The number of hydrogen-bond acceptors (Lipinski definition) is 2. The predicted octanol–water partition coefficient (Wildman–Crippen LogP) is 1.91. The van der Waals surface area contributed by atoms with Crippen molar-refractivity contribution in [3.05, 3.63) is 29.6 Å². The van der Waals surface area contributed by atoms with Crippen LogP contribution >= 0.6 is 0 Å². The Morgan fingerprint density at radius 1 is 1.41 bits per heavy atom. The Kier molecular flexibility index (Phi) is 3.58. The Hall–Kier alpha value is -1.62. The number of benzene rings is 1. The van der Waals surface area contributed by atoms with Crippen molar-refractivity contribution in [2.45, 2.75) is 19.4 Å². The van der Waals surface area contributed by atoms with Crippen molar-refractivity contribution in [1.29, 1.82) is 0 Å². The summed E-state index contributed by atoms with van der Waals surface area (Å²) in [6, 6.07) is 4.08. The molecule has 1 saturated heterocycles. The lowest BCUT2D eigenvalue weighted by Gasteiger charge is -2.17. The molecule has 1 aromatic carbocycles. The summed E-state index contributed by atoms with van der Waals surface area (Å²) in [5.74, 6) is -0.343. The molecule has 0 spiro atoms. The largest absolute Gasteiger partial charge is 0.326 e. The van der Waals surface area contributed by atoms with E-state index in [0.29, 0.717) is 11.3 Å². The third-order valence-corrected chi connectivity index (χ3v) is 2.92. The average molecular weight is 237 g/mol. The molecule has 0 saturated carbocycles. The molecular weight excluding hydrogens is 221 g/mol. The summed E-state index contributed by atoms with van der Waals surface area (Å²) < 4.78 is 13.0. The molecule has 1 aliphatic heterocycles. The van der Waals surface area contributed by atoms with Gasteiger partial charge in [-0.1, -0.05) is 0 Å². The highest BCUT2D eigenvalue weighted by atomic mass is 19.1. The lowest BCUT2D eigenvalue weighted by Crippen LogP contribution is -2.32. The Balaban J connectivity index is 2.09. The minimum Gasteiger partial charge on any atom is -0.326 e. The maximum Gasteiger partial charge on any atom is 0.321 e. The number of hydrogen-bond donors (Lipinski definition) is 2. The van der Waals surface area contributed by atoms with Crippen LogP contribution in [0.4, 0.5) is 14.9 Å². The van der Waals surface area contributed by atoms with E-state index >= 15 is 0 Å². The Labute approximate surface area is 99.6 Å². The molecule has 0 radical (unpaired) electrons. The van der Waals surface area contributed by atoms with Gasteiger partial charge < -0.3 is 16.0 Å². The van der Waals surface area contributed by atoms with Gasteiger partial charge in [0.1, 0.15) is 5.82 Å². The first kappa shape index (κ1) is 11.9. The number of urea groups is 1. The average Bonchev–Trinajstić information content (AvgIpc) is 2.85. The summed E-state index contributed by atoms with van der Waals surface area (Å²) in [6.45, 7) is 1.77. The normalized spacial score (nSPS) is 15.1. The van der Waals surface area contributed by atoms with Crippen LogP contribution in [-0.4, -0.2) is 24.0 Å². The molecule has 1 fully saturated rings. The van der Waals surface area contributed by atoms with Gasteiger partial charge in [-0.2, -0.15) is 0 Å². The van der Waals surface area contributed by atoms with Crippen LogP contribution in [0, 0.1) is 5.82 Å². The number of nitrogens with one attached hydrogen (secondary N) is 1. The second-order valence-corrected chi connectivity index (χ2v) is 4.13. The van der Waals surface area contributed by atoms with E-state index in [2.05, 4.69) is 5.32 Å². The zero-order chi connectivity index (χ0) is 12.3. The first-order chi connectivity index (χ1) is 8.20. The Morgan fingerprint density at radius 3 is 2.76 bits per heavy atom. The first-order valence-electron chi connectivity index (χ1n) is 5.75. The van der Waals surface area contributed by atoms with Crippen molar-refractivity contribution in [3.8, 4) is 0 Å². The topological polar surface area (TPSA) is 58.4 Å². The number of nitrogens with zero attached hydrogens (tertiary/aromatic N) is 1. The molecule has 2 rings (SSSR count). The van der Waals surface area contributed by atoms with E-state index in [4.69, 9.17) is 5.73 Å². The van der Waals surface area contributed by atoms with Crippen molar-refractivity contribution >= 4 is 11.7 Å². The molecule has 3 N–H and O–H groups in total. The molecule has 0 aromatic heterocycles. The van der Waals surface area contributed by atoms with Gasteiger partial charge in [-0.05, 0) is 36.6 Å². The Bertz CT molecular complexity index is 416. The van der Waals surface area contributed by atoms with E-state index in [-0.39, 0.29) is 18.4 Å². The molecule has 0 unspecified atom stereocenters. The maximum atomic E-state index is 13.0. The quantitative estimate of drug-likeness (QED) is 0.825. The third-order valence-electron chi connectivity index (χ3n) is 2.92. The lowest BCUT2D eigenvalue weighted by molar-refractivity contribution is 0.222. The zero-order valence-corrected chi connectivity index (χ0v) is 9.58. The number of likely N-dealkylation sites (tertiary alicyclic amines) is 1. The van der Waals surface area contributed by atoms with Gasteiger partial charge in [-0.25, -0.2) is 9.18 Å². The number of rotatable bonds is 2. The van der Waals surface area contributed by atoms with Crippen LogP contribution in [0.15, 0.2) is 18.2 Å². The van der Waals surface area contributed by atoms with Crippen molar-refractivity contribution < 1.29 is 9.18 Å². The van der Waals surface area contributed by atoms with Crippen molar-refractivity contribution in [1.82, 2.24) is 4.90 Å². The van der Waals surface area contributed by atoms with Crippen LogP contribution in [-0.2, 0) is 6.54 Å². The SMILES string of the molecule is NCc1cc(F)ccc1NC(=O)N1CCCC1. The second kappa shape index (κ2) is 5.14. The fraction of sp³-hybridized carbons (Fsp3) is 0.417. The number of carbonyl (C=O) groups excluding carboxylic acids is 1. The van der Waals surface area contributed by atoms with Crippen LogP contribution in [0.5, 0.6) is 0 Å².